The lowest BCUT2D eigenvalue weighted by molar-refractivity contribution is 0.0707. The number of benzene rings is 1. The lowest BCUT2D eigenvalue weighted by Gasteiger charge is -2.39. The smallest absolute Gasteiger partial charge is 0.124 e. The number of nitrogens with zero attached hydrogens (tertiary/aromatic N) is 5. The maximum atomic E-state index is 13.3. The van der Waals surface area contributed by atoms with Gasteiger partial charge in [-0.3, -0.25) is 9.80 Å². The number of rotatable bonds is 4. The summed E-state index contributed by atoms with van der Waals surface area (Å²) in [5.41, 5.74) is 1.32. The molecule has 1 atom stereocenters. The van der Waals surface area contributed by atoms with Crippen LogP contribution >= 0.6 is 0 Å². The third-order valence-electron chi connectivity index (χ3n) is 4.70. The molecule has 1 aliphatic rings. The molecule has 1 aliphatic heterocycles. The summed E-state index contributed by atoms with van der Waals surface area (Å²) in [7, 11) is 2.02. The number of halogens is 1. The van der Waals surface area contributed by atoms with Crippen LogP contribution in [-0.2, 0) is 20.1 Å². The second-order valence-electron chi connectivity index (χ2n) is 6.42. The second kappa shape index (κ2) is 7.12. The van der Waals surface area contributed by atoms with Gasteiger partial charge >= 0.3 is 0 Å². The Hall–Kier alpha value is -2.23. The molecule has 0 bridgehead atoms. The van der Waals surface area contributed by atoms with Crippen LogP contribution in [0.4, 0.5) is 4.39 Å². The van der Waals surface area contributed by atoms with Crippen molar-refractivity contribution in [1.29, 1.82) is 5.26 Å². The first kappa shape index (κ1) is 16.6. The summed E-state index contributed by atoms with van der Waals surface area (Å²) in [6.07, 6.45) is 3.79. The van der Waals surface area contributed by atoms with Gasteiger partial charge in [0.2, 0.25) is 0 Å². The molecule has 0 unspecified atom stereocenters. The van der Waals surface area contributed by atoms with Crippen molar-refractivity contribution in [2.75, 3.05) is 19.6 Å². The van der Waals surface area contributed by atoms with Crippen LogP contribution in [0, 0.1) is 17.1 Å². The summed E-state index contributed by atoms with van der Waals surface area (Å²) in [6.45, 7) is 6.55. The average Bonchev–Trinajstić information content (AvgIpc) is 2.96. The van der Waals surface area contributed by atoms with Crippen LogP contribution in [0.3, 0.4) is 0 Å². The van der Waals surface area contributed by atoms with Crippen molar-refractivity contribution in [3.05, 3.63) is 53.4 Å². The molecule has 2 aromatic rings. The van der Waals surface area contributed by atoms with Gasteiger partial charge in [0.15, 0.2) is 0 Å². The predicted octanol–water partition coefficient (Wildman–Crippen LogP) is 2.14. The molecule has 24 heavy (non-hydrogen) atoms. The average molecular weight is 327 g/mol. The summed E-state index contributed by atoms with van der Waals surface area (Å²) < 4.78 is 15.3. The number of hydrogen-bond acceptors (Lipinski definition) is 4. The summed E-state index contributed by atoms with van der Waals surface area (Å²) in [4.78, 5) is 9.15. The van der Waals surface area contributed by atoms with Crippen LogP contribution in [0.5, 0.6) is 0 Å². The second-order valence-corrected chi connectivity index (χ2v) is 6.42. The van der Waals surface area contributed by atoms with Crippen molar-refractivity contribution < 1.29 is 4.39 Å². The molecular formula is C18H22FN5. The van der Waals surface area contributed by atoms with Crippen molar-refractivity contribution in [2.45, 2.75) is 26.1 Å². The van der Waals surface area contributed by atoms with E-state index >= 15 is 0 Å². The Morgan fingerprint density at radius 1 is 1.33 bits per heavy atom. The Labute approximate surface area is 141 Å². The molecule has 3 rings (SSSR count). The van der Waals surface area contributed by atoms with E-state index in [0.717, 1.165) is 37.6 Å². The van der Waals surface area contributed by atoms with E-state index in [0.29, 0.717) is 18.2 Å². The number of aromatic nitrogens is 2. The van der Waals surface area contributed by atoms with Gasteiger partial charge in [-0.15, -0.1) is 0 Å². The van der Waals surface area contributed by atoms with Crippen molar-refractivity contribution in [1.82, 2.24) is 19.4 Å². The lowest BCUT2D eigenvalue weighted by Crippen LogP contribution is -2.51. The first-order chi connectivity index (χ1) is 11.6. The van der Waals surface area contributed by atoms with Crippen LogP contribution in [0.1, 0.15) is 23.9 Å². The van der Waals surface area contributed by atoms with Crippen molar-refractivity contribution in [2.24, 2.45) is 7.05 Å². The molecule has 1 aromatic heterocycles. The van der Waals surface area contributed by atoms with E-state index in [1.54, 1.807) is 6.07 Å². The van der Waals surface area contributed by atoms with Crippen LogP contribution in [-0.4, -0.2) is 45.0 Å². The predicted molar refractivity (Wildman–Crippen MR) is 89.5 cm³/mol. The van der Waals surface area contributed by atoms with Gasteiger partial charge in [0.05, 0.1) is 18.2 Å². The maximum absolute atomic E-state index is 13.3. The first-order valence-electron chi connectivity index (χ1n) is 8.18. The Bertz CT molecular complexity index is 748. The minimum Gasteiger partial charge on any atom is -0.337 e. The van der Waals surface area contributed by atoms with Crippen molar-refractivity contribution >= 4 is 0 Å². The van der Waals surface area contributed by atoms with Gasteiger partial charge in [-0.1, -0.05) is 6.07 Å². The Balaban J connectivity index is 1.62. The number of piperazine rings is 1. The van der Waals surface area contributed by atoms with Crippen LogP contribution in [0.25, 0.3) is 0 Å². The number of imidazole rings is 1. The summed E-state index contributed by atoms with van der Waals surface area (Å²) in [5, 5.41) is 9.18. The zero-order valence-electron chi connectivity index (χ0n) is 14.1. The van der Waals surface area contributed by atoms with E-state index in [9.17, 15) is 9.65 Å². The molecule has 0 spiro atoms. The molecule has 1 aromatic carbocycles. The molecule has 0 aliphatic carbocycles. The summed E-state index contributed by atoms with van der Waals surface area (Å²) >= 11 is 0. The highest BCUT2D eigenvalue weighted by Crippen LogP contribution is 2.18. The molecule has 126 valence electrons. The quantitative estimate of drug-likeness (QED) is 0.863. The van der Waals surface area contributed by atoms with E-state index in [2.05, 4.69) is 32.3 Å². The fourth-order valence-corrected chi connectivity index (χ4v) is 3.21. The standard InChI is InChI=1S/C18H22FN5/c1-14-11-23(12-15-3-4-17(19)9-16(15)10-20)7-8-24(14)13-18-21-5-6-22(18)2/h3-6,9,14H,7-8,11-13H2,1-2H3/t14-/m0/s1. The molecule has 6 heteroatoms. The zero-order chi connectivity index (χ0) is 17.1. The fourth-order valence-electron chi connectivity index (χ4n) is 3.21. The van der Waals surface area contributed by atoms with Gasteiger partial charge in [0, 0.05) is 51.7 Å². The van der Waals surface area contributed by atoms with E-state index in [4.69, 9.17) is 0 Å². The van der Waals surface area contributed by atoms with Crippen LogP contribution < -0.4 is 0 Å². The highest BCUT2D eigenvalue weighted by Gasteiger charge is 2.25. The van der Waals surface area contributed by atoms with E-state index < -0.39 is 0 Å². The molecule has 0 saturated carbocycles. The topological polar surface area (TPSA) is 48.1 Å². The van der Waals surface area contributed by atoms with Gasteiger partial charge < -0.3 is 4.57 Å². The summed E-state index contributed by atoms with van der Waals surface area (Å²) in [6, 6.07) is 6.96. The van der Waals surface area contributed by atoms with Gasteiger partial charge in [0.1, 0.15) is 11.6 Å². The molecule has 1 saturated heterocycles. The van der Waals surface area contributed by atoms with E-state index in [-0.39, 0.29) is 5.82 Å². The molecule has 5 nitrogen and oxygen atoms in total. The molecule has 2 heterocycles. The van der Waals surface area contributed by atoms with Gasteiger partial charge in [-0.25, -0.2) is 9.37 Å². The van der Waals surface area contributed by atoms with Crippen molar-refractivity contribution in [3.8, 4) is 6.07 Å². The molecular weight excluding hydrogens is 305 g/mol. The monoisotopic (exact) mass is 327 g/mol. The normalized spacial score (nSPS) is 19.3. The van der Waals surface area contributed by atoms with Crippen LogP contribution in [0.2, 0.25) is 0 Å². The zero-order valence-corrected chi connectivity index (χ0v) is 14.1. The minimum atomic E-state index is -0.358. The highest BCUT2D eigenvalue weighted by atomic mass is 19.1. The molecule has 1 fully saturated rings. The van der Waals surface area contributed by atoms with Gasteiger partial charge in [-0.2, -0.15) is 5.26 Å². The van der Waals surface area contributed by atoms with E-state index in [1.165, 1.54) is 12.1 Å². The van der Waals surface area contributed by atoms with E-state index in [1.807, 2.05) is 19.4 Å². The molecule has 0 amide bonds. The Morgan fingerprint density at radius 2 is 2.17 bits per heavy atom. The largest absolute Gasteiger partial charge is 0.337 e. The summed E-state index contributed by atoms with van der Waals surface area (Å²) in [5.74, 6) is 0.712. The number of nitriles is 1. The minimum absolute atomic E-state index is 0.358. The third kappa shape index (κ3) is 3.64. The van der Waals surface area contributed by atoms with Crippen molar-refractivity contribution in [3.63, 3.8) is 0 Å². The highest BCUT2D eigenvalue weighted by molar-refractivity contribution is 5.37. The Kier molecular flexibility index (Phi) is 4.93. The van der Waals surface area contributed by atoms with Gasteiger partial charge in [-0.05, 0) is 24.6 Å². The lowest BCUT2D eigenvalue weighted by atomic mass is 10.1. The fraction of sp³-hybridized carbons (Fsp3) is 0.444. The molecule has 0 radical (unpaired) electrons. The maximum Gasteiger partial charge on any atom is 0.124 e. The van der Waals surface area contributed by atoms with Gasteiger partial charge in [0.25, 0.3) is 0 Å². The number of aryl methyl sites for hydroxylation is 1. The van der Waals surface area contributed by atoms with Crippen LogP contribution in [0.15, 0.2) is 30.6 Å². The first-order valence-corrected chi connectivity index (χ1v) is 8.18. The number of hydrogen-bond donors (Lipinski definition) is 0. The SMILES string of the molecule is C[C@H]1CN(Cc2ccc(F)cc2C#N)CCN1Cc1nccn1C. The molecule has 0 N–H and O–H groups in total. The third-order valence-corrected chi connectivity index (χ3v) is 4.70. The Morgan fingerprint density at radius 3 is 2.83 bits per heavy atom.